The van der Waals surface area contributed by atoms with E-state index in [1.54, 1.807) is 24.7 Å². The fourth-order valence-electron chi connectivity index (χ4n) is 3.76. The molecule has 1 saturated heterocycles. The molecule has 0 aliphatic carbocycles. The van der Waals surface area contributed by atoms with E-state index >= 15 is 0 Å². The number of carbonyl (C=O) groups excluding carboxylic acids is 1. The summed E-state index contributed by atoms with van der Waals surface area (Å²) in [6.07, 6.45) is 8.70. The van der Waals surface area contributed by atoms with E-state index in [-0.39, 0.29) is 12.2 Å². The number of fused-ring (bicyclic) bond motifs is 1. The van der Waals surface area contributed by atoms with E-state index in [9.17, 15) is 4.79 Å². The first-order valence-electron chi connectivity index (χ1n) is 10.4. The Bertz CT molecular complexity index is 1200. The van der Waals surface area contributed by atoms with E-state index in [2.05, 4.69) is 30.6 Å². The molecule has 0 atom stereocenters. The smallest absolute Gasteiger partial charge is 0.181 e. The van der Waals surface area contributed by atoms with Crippen molar-refractivity contribution < 1.29 is 9.21 Å². The van der Waals surface area contributed by atoms with Crippen molar-refractivity contribution in [3.05, 3.63) is 66.6 Å². The molecule has 0 bridgehead atoms. The number of hydrogen-bond donors (Lipinski definition) is 2. The molecule has 8 heteroatoms. The highest BCUT2D eigenvalue weighted by Crippen LogP contribution is 2.21. The molecule has 1 fully saturated rings. The van der Waals surface area contributed by atoms with E-state index in [1.165, 1.54) is 6.39 Å². The number of carbonyl (C=O) groups is 1. The van der Waals surface area contributed by atoms with Crippen molar-refractivity contribution in [2.24, 2.45) is 0 Å². The topological polar surface area (TPSA) is 106 Å². The van der Waals surface area contributed by atoms with Crippen molar-refractivity contribution >= 4 is 22.5 Å². The van der Waals surface area contributed by atoms with Gasteiger partial charge in [-0.15, -0.1) is 0 Å². The second-order valence-corrected chi connectivity index (χ2v) is 7.63. The summed E-state index contributed by atoms with van der Waals surface area (Å²) in [5.41, 5.74) is 2.74. The molecule has 0 amide bonds. The lowest BCUT2D eigenvalue weighted by Crippen LogP contribution is -2.35. The van der Waals surface area contributed by atoms with E-state index in [1.807, 2.05) is 24.3 Å². The third kappa shape index (κ3) is 4.44. The molecule has 8 nitrogen and oxygen atoms in total. The monoisotopic (exact) mass is 414 g/mol. The van der Waals surface area contributed by atoms with Gasteiger partial charge in [0.15, 0.2) is 17.9 Å². The van der Waals surface area contributed by atoms with Gasteiger partial charge in [-0.25, -0.2) is 15.0 Å². The van der Waals surface area contributed by atoms with Gasteiger partial charge in [0.1, 0.15) is 11.5 Å². The Balaban J connectivity index is 1.33. The normalized spacial score (nSPS) is 14.6. The number of ketones is 1. The van der Waals surface area contributed by atoms with Crippen molar-refractivity contribution in [3.63, 3.8) is 0 Å². The fraction of sp³-hybridized carbons (Fsp3) is 0.261. The van der Waals surface area contributed by atoms with Crippen LogP contribution < -0.4 is 10.6 Å². The molecule has 0 saturated carbocycles. The first kappa shape index (κ1) is 19.3. The zero-order chi connectivity index (χ0) is 21.0. The molecule has 0 unspecified atom stereocenters. The average Bonchev–Trinajstić information content (AvgIpc) is 3.34. The molecule has 1 aliphatic heterocycles. The van der Waals surface area contributed by atoms with E-state index in [4.69, 9.17) is 4.42 Å². The first-order valence-corrected chi connectivity index (χ1v) is 10.4. The van der Waals surface area contributed by atoms with Crippen LogP contribution in [0.3, 0.4) is 0 Å². The van der Waals surface area contributed by atoms with Crippen LogP contribution in [0.2, 0.25) is 0 Å². The molecule has 0 aromatic carbocycles. The molecular weight excluding hydrogens is 392 g/mol. The number of pyridine rings is 3. The van der Waals surface area contributed by atoms with Crippen LogP contribution in [-0.4, -0.2) is 44.9 Å². The van der Waals surface area contributed by atoms with E-state index in [0.717, 1.165) is 42.7 Å². The van der Waals surface area contributed by atoms with Gasteiger partial charge in [-0.3, -0.25) is 9.78 Å². The summed E-state index contributed by atoms with van der Waals surface area (Å²) in [5, 5.41) is 7.69. The minimum Gasteiger partial charge on any atom is -0.442 e. The van der Waals surface area contributed by atoms with Crippen LogP contribution in [0.15, 0.2) is 59.7 Å². The Morgan fingerprint density at radius 1 is 1.13 bits per heavy atom. The van der Waals surface area contributed by atoms with Crippen LogP contribution >= 0.6 is 0 Å². The third-order valence-electron chi connectivity index (χ3n) is 5.43. The van der Waals surface area contributed by atoms with Gasteiger partial charge < -0.3 is 15.1 Å². The zero-order valence-electron chi connectivity index (χ0n) is 16.9. The number of anilines is 1. The number of nitrogens with zero attached hydrogens (tertiary/aromatic N) is 4. The molecule has 31 heavy (non-hydrogen) atoms. The second-order valence-electron chi connectivity index (χ2n) is 7.63. The number of piperidine rings is 1. The standard InChI is InChI=1S/C23H22N6O2/c30-21(15-3-8-26-23(9-15)28-17-4-6-24-7-5-17)11-18-10-20-16(12-27-18)1-2-19(29-20)22-13-25-14-31-22/h1-3,8-10,12-14,17,24H,4-7,11H2,(H,26,28). The van der Waals surface area contributed by atoms with Crippen molar-refractivity contribution in [2.45, 2.75) is 25.3 Å². The van der Waals surface area contributed by atoms with Gasteiger partial charge in [-0.05, 0) is 56.3 Å². The molecule has 4 aromatic rings. The molecule has 5 heterocycles. The molecule has 1 aliphatic rings. The lowest BCUT2D eigenvalue weighted by Gasteiger charge is -2.24. The number of Topliss-reactive ketones (excluding diaryl/α,β-unsaturated/α-hetero) is 1. The number of nitrogens with one attached hydrogen (secondary N) is 2. The summed E-state index contributed by atoms with van der Waals surface area (Å²) in [5.74, 6) is 1.33. The highest BCUT2D eigenvalue weighted by atomic mass is 16.3. The Hall–Kier alpha value is -3.65. The van der Waals surface area contributed by atoms with Crippen molar-refractivity contribution in [3.8, 4) is 11.5 Å². The molecular formula is C23H22N6O2. The van der Waals surface area contributed by atoms with Crippen LogP contribution in [0, 0.1) is 0 Å². The quantitative estimate of drug-likeness (QED) is 0.463. The zero-order valence-corrected chi connectivity index (χ0v) is 16.9. The fourth-order valence-corrected chi connectivity index (χ4v) is 3.76. The van der Waals surface area contributed by atoms with Crippen molar-refractivity contribution in [2.75, 3.05) is 18.4 Å². The van der Waals surface area contributed by atoms with Crippen LogP contribution in [0.25, 0.3) is 22.4 Å². The lowest BCUT2D eigenvalue weighted by molar-refractivity contribution is 0.0992. The number of oxazole rings is 1. The Labute approximate surface area is 179 Å². The maximum Gasteiger partial charge on any atom is 0.181 e. The second kappa shape index (κ2) is 8.61. The average molecular weight is 414 g/mol. The SMILES string of the molecule is O=C(Cc1cc2nc(-c3cnco3)ccc2cn1)c1ccnc(NC2CCNCC2)c1. The summed E-state index contributed by atoms with van der Waals surface area (Å²) in [6.45, 7) is 1.99. The Kier molecular flexibility index (Phi) is 5.37. The minimum absolute atomic E-state index is 0.00556. The van der Waals surface area contributed by atoms with Crippen LogP contribution in [-0.2, 0) is 6.42 Å². The Morgan fingerprint density at radius 3 is 2.87 bits per heavy atom. The van der Waals surface area contributed by atoms with Gasteiger partial charge in [0.25, 0.3) is 0 Å². The summed E-state index contributed by atoms with van der Waals surface area (Å²) in [4.78, 5) is 30.3. The number of rotatable bonds is 6. The maximum atomic E-state index is 12.9. The molecule has 0 spiro atoms. The summed E-state index contributed by atoms with van der Waals surface area (Å²) in [6, 6.07) is 9.60. The van der Waals surface area contributed by atoms with Crippen LogP contribution in [0.5, 0.6) is 0 Å². The molecule has 2 N–H and O–H groups in total. The van der Waals surface area contributed by atoms with Crippen molar-refractivity contribution in [1.29, 1.82) is 0 Å². The highest BCUT2D eigenvalue weighted by Gasteiger charge is 2.15. The largest absolute Gasteiger partial charge is 0.442 e. The van der Waals surface area contributed by atoms with E-state index < -0.39 is 0 Å². The maximum absolute atomic E-state index is 12.9. The van der Waals surface area contributed by atoms with Crippen LogP contribution in [0.1, 0.15) is 28.9 Å². The molecule has 0 radical (unpaired) electrons. The minimum atomic E-state index is -0.00556. The Morgan fingerprint density at radius 2 is 2.03 bits per heavy atom. The summed E-state index contributed by atoms with van der Waals surface area (Å²) >= 11 is 0. The summed E-state index contributed by atoms with van der Waals surface area (Å²) in [7, 11) is 0. The van der Waals surface area contributed by atoms with Gasteiger partial charge in [0.05, 0.1) is 23.8 Å². The third-order valence-corrected chi connectivity index (χ3v) is 5.43. The van der Waals surface area contributed by atoms with Crippen LogP contribution in [0.4, 0.5) is 5.82 Å². The predicted molar refractivity (Wildman–Crippen MR) is 117 cm³/mol. The molecule has 156 valence electrons. The van der Waals surface area contributed by atoms with Crippen molar-refractivity contribution in [1.82, 2.24) is 25.3 Å². The van der Waals surface area contributed by atoms with Gasteiger partial charge >= 0.3 is 0 Å². The van der Waals surface area contributed by atoms with Gasteiger partial charge in [0.2, 0.25) is 0 Å². The van der Waals surface area contributed by atoms with Gasteiger partial charge in [-0.2, -0.15) is 0 Å². The summed E-state index contributed by atoms with van der Waals surface area (Å²) < 4.78 is 5.33. The number of aromatic nitrogens is 4. The number of hydrogen-bond acceptors (Lipinski definition) is 8. The van der Waals surface area contributed by atoms with Gasteiger partial charge in [-0.1, -0.05) is 0 Å². The molecule has 4 aromatic heterocycles. The first-order chi connectivity index (χ1) is 15.2. The van der Waals surface area contributed by atoms with Gasteiger partial charge in [0, 0.05) is 29.4 Å². The van der Waals surface area contributed by atoms with E-state index in [0.29, 0.717) is 28.8 Å². The highest BCUT2D eigenvalue weighted by molar-refractivity contribution is 5.98. The lowest BCUT2D eigenvalue weighted by atomic mass is 10.1. The predicted octanol–water partition coefficient (Wildman–Crippen LogP) is 3.27. The molecule has 5 rings (SSSR count).